The molecule has 0 saturated heterocycles. The van der Waals surface area contributed by atoms with E-state index in [1.165, 1.54) is 6.07 Å². The van der Waals surface area contributed by atoms with Gasteiger partial charge in [-0.15, -0.1) is 0 Å². The number of sulfone groups is 1. The smallest absolute Gasteiger partial charge is 0.252 e. The summed E-state index contributed by atoms with van der Waals surface area (Å²) in [5.41, 5.74) is 6.74. The predicted octanol–water partition coefficient (Wildman–Crippen LogP) is 1.56. The number of nitrogens with two attached hydrogens (primary N) is 1. The molecule has 0 unspecified atom stereocenters. The third kappa shape index (κ3) is 2.70. The Kier molecular flexibility index (Phi) is 3.59. The summed E-state index contributed by atoms with van der Waals surface area (Å²) in [5.74, 6) is -0.809. The van der Waals surface area contributed by atoms with Crippen LogP contribution in [0, 0.1) is 6.92 Å². The molecule has 6 heteroatoms. The van der Waals surface area contributed by atoms with Gasteiger partial charge in [-0.3, -0.25) is 9.78 Å². The van der Waals surface area contributed by atoms with E-state index in [-0.39, 0.29) is 10.5 Å². The molecule has 1 amide bonds. The fourth-order valence-electron chi connectivity index (χ4n) is 1.98. The Balaban J connectivity index is 2.88. The molecule has 0 aliphatic heterocycles. The average molecular weight is 290 g/mol. The molecule has 0 fully saturated rings. The van der Waals surface area contributed by atoms with Crippen LogP contribution in [-0.2, 0) is 9.84 Å². The van der Waals surface area contributed by atoms with Gasteiger partial charge in [0.05, 0.1) is 16.2 Å². The molecule has 0 aliphatic carbocycles. The zero-order chi connectivity index (χ0) is 14.9. The van der Waals surface area contributed by atoms with Crippen molar-refractivity contribution in [1.82, 2.24) is 4.98 Å². The van der Waals surface area contributed by atoms with Crippen molar-refractivity contribution in [2.75, 3.05) is 6.26 Å². The molecule has 2 aromatic rings. The fraction of sp³-hybridized carbons (Fsp3) is 0.143. The predicted molar refractivity (Wildman–Crippen MR) is 76.0 cm³/mol. The quantitative estimate of drug-likeness (QED) is 0.928. The molecule has 1 aromatic heterocycles. The van der Waals surface area contributed by atoms with Crippen LogP contribution in [0.4, 0.5) is 0 Å². The van der Waals surface area contributed by atoms with Crippen molar-refractivity contribution in [2.24, 2.45) is 5.73 Å². The SMILES string of the molecule is Cc1cc(S(C)(=O)=O)c(C(N)=O)c(-c2ccccc2)n1. The van der Waals surface area contributed by atoms with E-state index in [0.29, 0.717) is 17.0 Å². The number of aryl methyl sites for hydroxylation is 1. The summed E-state index contributed by atoms with van der Waals surface area (Å²) < 4.78 is 23.7. The lowest BCUT2D eigenvalue weighted by atomic mass is 10.0. The maximum Gasteiger partial charge on any atom is 0.252 e. The average Bonchev–Trinajstić information content (AvgIpc) is 2.37. The van der Waals surface area contributed by atoms with Gasteiger partial charge < -0.3 is 5.73 Å². The summed E-state index contributed by atoms with van der Waals surface area (Å²) in [7, 11) is -3.57. The molecule has 2 N–H and O–H groups in total. The molecule has 104 valence electrons. The largest absolute Gasteiger partial charge is 0.365 e. The summed E-state index contributed by atoms with van der Waals surface area (Å²) in [5, 5.41) is 0. The summed E-state index contributed by atoms with van der Waals surface area (Å²) in [6, 6.07) is 10.2. The fourth-order valence-corrected chi connectivity index (χ4v) is 2.93. The second-order valence-electron chi connectivity index (χ2n) is 4.49. The Labute approximate surface area is 117 Å². The molecule has 1 heterocycles. The number of nitrogens with zero attached hydrogens (tertiary/aromatic N) is 1. The van der Waals surface area contributed by atoms with Crippen molar-refractivity contribution in [3.8, 4) is 11.3 Å². The number of hydrogen-bond acceptors (Lipinski definition) is 4. The lowest BCUT2D eigenvalue weighted by molar-refractivity contribution is 0.0997. The number of carbonyl (C=O) groups excluding carboxylic acids is 1. The third-order valence-electron chi connectivity index (χ3n) is 2.80. The van der Waals surface area contributed by atoms with Gasteiger partial charge in [0.1, 0.15) is 0 Å². The second-order valence-corrected chi connectivity index (χ2v) is 6.47. The highest BCUT2D eigenvalue weighted by Gasteiger charge is 2.23. The number of aromatic nitrogens is 1. The van der Waals surface area contributed by atoms with E-state index in [0.717, 1.165) is 6.26 Å². The van der Waals surface area contributed by atoms with Gasteiger partial charge >= 0.3 is 0 Å². The van der Waals surface area contributed by atoms with Crippen molar-refractivity contribution in [3.05, 3.63) is 47.7 Å². The van der Waals surface area contributed by atoms with Crippen LogP contribution >= 0.6 is 0 Å². The van der Waals surface area contributed by atoms with Crippen molar-refractivity contribution in [1.29, 1.82) is 0 Å². The van der Waals surface area contributed by atoms with Crippen LogP contribution in [0.15, 0.2) is 41.3 Å². The molecule has 1 aromatic carbocycles. The van der Waals surface area contributed by atoms with Crippen molar-refractivity contribution >= 4 is 15.7 Å². The minimum atomic E-state index is -3.57. The highest BCUT2D eigenvalue weighted by molar-refractivity contribution is 7.90. The first-order chi connectivity index (χ1) is 9.30. The molecular formula is C14H14N2O3S. The zero-order valence-corrected chi connectivity index (χ0v) is 11.9. The molecule has 0 atom stereocenters. The minimum absolute atomic E-state index is 0.0655. The number of carbonyl (C=O) groups is 1. The molecule has 0 aliphatic rings. The highest BCUT2D eigenvalue weighted by Crippen LogP contribution is 2.27. The molecule has 0 bridgehead atoms. The summed E-state index contributed by atoms with van der Waals surface area (Å²) in [6.07, 6.45) is 1.04. The van der Waals surface area contributed by atoms with Crippen molar-refractivity contribution < 1.29 is 13.2 Å². The third-order valence-corrected chi connectivity index (χ3v) is 3.93. The Hall–Kier alpha value is -2.21. The maximum absolute atomic E-state index is 11.9. The Morgan fingerprint density at radius 1 is 1.20 bits per heavy atom. The minimum Gasteiger partial charge on any atom is -0.365 e. The van der Waals surface area contributed by atoms with Gasteiger partial charge in [-0.05, 0) is 13.0 Å². The molecule has 0 radical (unpaired) electrons. The van der Waals surface area contributed by atoms with Gasteiger partial charge in [0, 0.05) is 17.5 Å². The standard InChI is InChI=1S/C14H14N2O3S/c1-9-8-11(20(2,18)19)12(14(15)17)13(16-9)10-6-4-3-5-7-10/h3-8H,1-2H3,(H2,15,17). The first kappa shape index (κ1) is 14.2. The van der Waals surface area contributed by atoms with E-state index in [4.69, 9.17) is 5.73 Å². The number of primary amides is 1. The van der Waals surface area contributed by atoms with Crippen LogP contribution in [-0.4, -0.2) is 25.6 Å². The van der Waals surface area contributed by atoms with Gasteiger partial charge in [0.15, 0.2) is 9.84 Å². The van der Waals surface area contributed by atoms with Crippen LogP contribution in [0.1, 0.15) is 16.1 Å². The summed E-state index contributed by atoms with van der Waals surface area (Å²) in [6.45, 7) is 1.67. The molecule has 20 heavy (non-hydrogen) atoms. The van der Waals surface area contributed by atoms with E-state index in [2.05, 4.69) is 4.98 Å². The molecular weight excluding hydrogens is 276 g/mol. The molecule has 0 spiro atoms. The molecule has 0 saturated carbocycles. The van der Waals surface area contributed by atoms with Crippen LogP contribution in [0.5, 0.6) is 0 Å². The van der Waals surface area contributed by atoms with Gasteiger partial charge in [-0.2, -0.15) is 0 Å². The molecule has 2 rings (SSSR count). The van der Waals surface area contributed by atoms with Gasteiger partial charge in [-0.25, -0.2) is 8.42 Å². The number of hydrogen-bond donors (Lipinski definition) is 1. The lowest BCUT2D eigenvalue weighted by Crippen LogP contribution is -2.18. The Morgan fingerprint density at radius 3 is 2.30 bits per heavy atom. The van der Waals surface area contributed by atoms with E-state index < -0.39 is 15.7 Å². The number of benzene rings is 1. The normalized spacial score (nSPS) is 11.3. The summed E-state index contributed by atoms with van der Waals surface area (Å²) >= 11 is 0. The first-order valence-corrected chi connectivity index (χ1v) is 7.77. The van der Waals surface area contributed by atoms with Crippen molar-refractivity contribution in [2.45, 2.75) is 11.8 Å². The van der Waals surface area contributed by atoms with E-state index >= 15 is 0 Å². The Morgan fingerprint density at radius 2 is 1.80 bits per heavy atom. The maximum atomic E-state index is 11.9. The lowest BCUT2D eigenvalue weighted by Gasteiger charge is -2.12. The van der Waals surface area contributed by atoms with E-state index in [1.807, 2.05) is 6.07 Å². The van der Waals surface area contributed by atoms with Crippen LogP contribution in [0.2, 0.25) is 0 Å². The monoisotopic (exact) mass is 290 g/mol. The van der Waals surface area contributed by atoms with E-state index in [1.54, 1.807) is 31.2 Å². The van der Waals surface area contributed by atoms with E-state index in [9.17, 15) is 13.2 Å². The van der Waals surface area contributed by atoms with Gasteiger partial charge in [0.2, 0.25) is 0 Å². The number of pyridine rings is 1. The first-order valence-electron chi connectivity index (χ1n) is 5.87. The Bertz CT molecular complexity index is 769. The topological polar surface area (TPSA) is 90.1 Å². The van der Waals surface area contributed by atoms with Gasteiger partial charge in [-0.1, -0.05) is 30.3 Å². The second kappa shape index (κ2) is 5.05. The van der Waals surface area contributed by atoms with Gasteiger partial charge in [0.25, 0.3) is 5.91 Å². The zero-order valence-electron chi connectivity index (χ0n) is 11.1. The highest BCUT2D eigenvalue weighted by atomic mass is 32.2. The van der Waals surface area contributed by atoms with Crippen LogP contribution < -0.4 is 5.73 Å². The van der Waals surface area contributed by atoms with Crippen molar-refractivity contribution in [3.63, 3.8) is 0 Å². The number of rotatable bonds is 3. The number of amides is 1. The van der Waals surface area contributed by atoms with Crippen LogP contribution in [0.25, 0.3) is 11.3 Å². The van der Waals surface area contributed by atoms with Crippen LogP contribution in [0.3, 0.4) is 0 Å². The summed E-state index contributed by atoms with van der Waals surface area (Å²) in [4.78, 5) is 15.9. The molecule has 5 nitrogen and oxygen atoms in total.